The van der Waals surface area contributed by atoms with Gasteiger partial charge in [0.25, 0.3) is 0 Å². The Morgan fingerprint density at radius 1 is 1.33 bits per heavy atom. The van der Waals surface area contributed by atoms with Crippen LogP contribution in [-0.4, -0.2) is 43.7 Å². The monoisotopic (exact) mass is 368 g/mol. The van der Waals surface area contributed by atoms with Gasteiger partial charge in [0.2, 0.25) is 5.91 Å². The van der Waals surface area contributed by atoms with Gasteiger partial charge >= 0.3 is 0 Å². The maximum Gasteiger partial charge on any atom is 0.237 e. The standard InChI is InChI=1S/C21H25FN4O/c1-13-6-5-7-19-20(13)16(21(27)25-19)11-23-15-8-9-18(17(22)10-15)24-14(2)12-26(3)4/h5-11,14,16,24H,12H2,1-4H3,(H,25,27). The summed E-state index contributed by atoms with van der Waals surface area (Å²) in [6.45, 7) is 4.77. The first-order chi connectivity index (χ1) is 12.8. The third-order valence-corrected chi connectivity index (χ3v) is 4.54. The van der Waals surface area contributed by atoms with Crippen LogP contribution in [0.1, 0.15) is 24.0 Å². The van der Waals surface area contributed by atoms with Crippen LogP contribution in [0.5, 0.6) is 0 Å². The third-order valence-electron chi connectivity index (χ3n) is 4.54. The highest BCUT2D eigenvalue weighted by molar-refractivity contribution is 6.13. The minimum atomic E-state index is -0.456. The second kappa shape index (κ2) is 7.88. The van der Waals surface area contributed by atoms with Crippen LogP contribution < -0.4 is 10.6 Å². The van der Waals surface area contributed by atoms with Gasteiger partial charge in [-0.15, -0.1) is 0 Å². The molecule has 1 heterocycles. The molecular weight excluding hydrogens is 343 g/mol. The van der Waals surface area contributed by atoms with Gasteiger partial charge in [0.1, 0.15) is 11.7 Å². The number of anilines is 2. The number of aliphatic imine (C=N–C) groups is 1. The molecule has 0 aliphatic carbocycles. The fourth-order valence-electron chi connectivity index (χ4n) is 3.41. The van der Waals surface area contributed by atoms with Crippen LogP contribution in [0.4, 0.5) is 21.5 Å². The molecule has 2 unspecified atom stereocenters. The molecule has 3 rings (SSSR count). The van der Waals surface area contributed by atoms with Crippen molar-refractivity contribution in [3.05, 3.63) is 53.3 Å². The SMILES string of the molecule is Cc1cccc2c1C(C=Nc1ccc(NC(C)CN(C)C)c(F)c1)C(=O)N2. The van der Waals surface area contributed by atoms with Gasteiger partial charge in [0, 0.05) is 30.6 Å². The first kappa shape index (κ1) is 19.0. The number of hydrogen-bond acceptors (Lipinski definition) is 4. The van der Waals surface area contributed by atoms with Crippen LogP contribution in [0.15, 0.2) is 41.4 Å². The lowest BCUT2D eigenvalue weighted by atomic mass is 9.97. The largest absolute Gasteiger partial charge is 0.379 e. The summed E-state index contributed by atoms with van der Waals surface area (Å²) in [4.78, 5) is 18.6. The predicted octanol–water partition coefficient (Wildman–Crippen LogP) is 3.93. The van der Waals surface area contributed by atoms with Crippen molar-refractivity contribution in [2.24, 2.45) is 4.99 Å². The Kier molecular flexibility index (Phi) is 5.56. The van der Waals surface area contributed by atoms with Crippen LogP contribution in [0.25, 0.3) is 0 Å². The van der Waals surface area contributed by atoms with Crippen molar-refractivity contribution in [3.8, 4) is 0 Å². The summed E-state index contributed by atoms with van der Waals surface area (Å²) in [5.74, 6) is -0.927. The molecule has 2 aromatic carbocycles. The quantitative estimate of drug-likeness (QED) is 0.760. The van der Waals surface area contributed by atoms with E-state index < -0.39 is 5.92 Å². The van der Waals surface area contributed by atoms with Crippen LogP contribution in [-0.2, 0) is 4.79 Å². The molecule has 2 aromatic rings. The summed E-state index contributed by atoms with van der Waals surface area (Å²) in [7, 11) is 3.96. The van der Waals surface area contributed by atoms with E-state index in [0.29, 0.717) is 11.4 Å². The molecule has 0 saturated carbocycles. The van der Waals surface area contributed by atoms with Gasteiger partial charge in [-0.05, 0) is 57.3 Å². The Labute approximate surface area is 159 Å². The van der Waals surface area contributed by atoms with Crippen molar-refractivity contribution in [2.45, 2.75) is 25.8 Å². The first-order valence-corrected chi connectivity index (χ1v) is 9.00. The molecule has 0 aromatic heterocycles. The van der Waals surface area contributed by atoms with Gasteiger partial charge in [0.15, 0.2) is 0 Å². The fraction of sp³-hybridized carbons (Fsp3) is 0.333. The Balaban J connectivity index is 1.75. The number of halogens is 1. The zero-order chi connectivity index (χ0) is 19.6. The summed E-state index contributed by atoms with van der Waals surface area (Å²) in [6.07, 6.45) is 1.59. The number of carbonyl (C=O) groups excluding carboxylic acids is 1. The minimum Gasteiger partial charge on any atom is -0.379 e. The number of fused-ring (bicyclic) bond motifs is 1. The number of amides is 1. The van der Waals surface area contributed by atoms with E-state index in [-0.39, 0.29) is 17.8 Å². The summed E-state index contributed by atoms with van der Waals surface area (Å²) in [5, 5.41) is 6.02. The average Bonchev–Trinajstić information content (AvgIpc) is 2.91. The van der Waals surface area contributed by atoms with Crippen molar-refractivity contribution in [1.82, 2.24) is 4.90 Å². The highest BCUT2D eigenvalue weighted by Gasteiger charge is 2.30. The Morgan fingerprint density at radius 3 is 2.81 bits per heavy atom. The minimum absolute atomic E-state index is 0.112. The highest BCUT2D eigenvalue weighted by atomic mass is 19.1. The van der Waals surface area contributed by atoms with Crippen molar-refractivity contribution in [3.63, 3.8) is 0 Å². The molecule has 2 atom stereocenters. The number of benzene rings is 2. The zero-order valence-electron chi connectivity index (χ0n) is 16.1. The summed E-state index contributed by atoms with van der Waals surface area (Å²) >= 11 is 0. The van der Waals surface area contributed by atoms with Crippen molar-refractivity contribution in [2.75, 3.05) is 31.3 Å². The molecule has 6 heteroatoms. The normalized spacial score (nSPS) is 17.3. The second-order valence-electron chi connectivity index (χ2n) is 7.25. The number of rotatable bonds is 6. The topological polar surface area (TPSA) is 56.7 Å². The molecule has 0 saturated heterocycles. The van der Waals surface area contributed by atoms with Gasteiger partial charge in [0.05, 0.1) is 11.4 Å². The first-order valence-electron chi connectivity index (χ1n) is 9.00. The van der Waals surface area contributed by atoms with E-state index in [1.165, 1.54) is 6.07 Å². The van der Waals surface area contributed by atoms with E-state index in [1.807, 2.05) is 51.0 Å². The molecule has 0 spiro atoms. The number of aryl methyl sites for hydroxylation is 1. The number of carbonyl (C=O) groups is 1. The zero-order valence-corrected chi connectivity index (χ0v) is 16.1. The van der Waals surface area contributed by atoms with E-state index in [2.05, 4.69) is 15.6 Å². The van der Waals surface area contributed by atoms with Gasteiger partial charge in [-0.1, -0.05) is 12.1 Å². The molecule has 2 N–H and O–H groups in total. The summed E-state index contributed by atoms with van der Waals surface area (Å²) in [6, 6.07) is 10.7. The molecule has 142 valence electrons. The van der Waals surface area contributed by atoms with Gasteiger partial charge in [-0.25, -0.2) is 4.39 Å². The molecular formula is C21H25FN4O. The molecule has 5 nitrogen and oxygen atoms in total. The van der Waals surface area contributed by atoms with E-state index in [1.54, 1.807) is 18.3 Å². The maximum atomic E-state index is 14.4. The summed E-state index contributed by atoms with van der Waals surface area (Å²) in [5.41, 5.74) is 3.71. The van der Waals surface area contributed by atoms with Crippen molar-refractivity contribution >= 4 is 29.2 Å². The molecule has 0 fully saturated rings. The van der Waals surface area contributed by atoms with Gasteiger partial charge < -0.3 is 15.5 Å². The molecule has 1 amide bonds. The number of likely N-dealkylation sites (N-methyl/N-ethyl adjacent to an activating group) is 1. The summed E-state index contributed by atoms with van der Waals surface area (Å²) < 4.78 is 14.4. The molecule has 0 bridgehead atoms. The van der Waals surface area contributed by atoms with Crippen LogP contribution in [0.3, 0.4) is 0 Å². The number of nitrogens with one attached hydrogen (secondary N) is 2. The number of hydrogen-bond donors (Lipinski definition) is 2. The average molecular weight is 368 g/mol. The Hall–Kier alpha value is -2.73. The van der Waals surface area contributed by atoms with E-state index in [4.69, 9.17) is 0 Å². The maximum absolute atomic E-state index is 14.4. The van der Waals surface area contributed by atoms with Crippen LogP contribution in [0.2, 0.25) is 0 Å². The number of nitrogens with zero attached hydrogens (tertiary/aromatic N) is 2. The second-order valence-corrected chi connectivity index (χ2v) is 7.25. The van der Waals surface area contributed by atoms with E-state index in [9.17, 15) is 9.18 Å². The van der Waals surface area contributed by atoms with Crippen molar-refractivity contribution in [1.29, 1.82) is 0 Å². The lowest BCUT2D eigenvalue weighted by Crippen LogP contribution is -2.29. The van der Waals surface area contributed by atoms with Gasteiger partial charge in [-0.3, -0.25) is 9.79 Å². The lowest BCUT2D eigenvalue weighted by Gasteiger charge is -2.19. The fourth-order valence-corrected chi connectivity index (χ4v) is 3.41. The Morgan fingerprint density at radius 2 is 2.11 bits per heavy atom. The third kappa shape index (κ3) is 4.34. The lowest BCUT2D eigenvalue weighted by molar-refractivity contribution is -0.115. The smallest absolute Gasteiger partial charge is 0.237 e. The van der Waals surface area contributed by atoms with E-state index in [0.717, 1.165) is 23.4 Å². The Bertz CT molecular complexity index is 878. The van der Waals surface area contributed by atoms with E-state index >= 15 is 0 Å². The van der Waals surface area contributed by atoms with Crippen molar-refractivity contribution < 1.29 is 9.18 Å². The molecule has 1 aliphatic rings. The highest BCUT2D eigenvalue weighted by Crippen LogP contribution is 2.34. The van der Waals surface area contributed by atoms with Crippen LogP contribution >= 0.6 is 0 Å². The molecule has 0 radical (unpaired) electrons. The predicted molar refractivity (Wildman–Crippen MR) is 109 cm³/mol. The molecule has 27 heavy (non-hydrogen) atoms. The van der Waals surface area contributed by atoms with Gasteiger partial charge in [-0.2, -0.15) is 0 Å². The van der Waals surface area contributed by atoms with Crippen LogP contribution in [0, 0.1) is 12.7 Å². The molecule has 1 aliphatic heterocycles.